The van der Waals surface area contributed by atoms with Crippen LogP contribution in [0, 0.1) is 5.92 Å². The number of carbonyl (C=O) groups excluding carboxylic acids is 1. The van der Waals surface area contributed by atoms with Crippen molar-refractivity contribution >= 4 is 11.9 Å². The summed E-state index contributed by atoms with van der Waals surface area (Å²) in [7, 11) is 0. The standard InChI is InChI=1S/C10H18N2O3/c1-10(2,9(14)15)12-8(13)6-3-4-7(11)5-6/h6-7H,3-5,11H2,1-2H3,(H,12,13)(H,14,15). The van der Waals surface area contributed by atoms with E-state index in [-0.39, 0.29) is 17.9 Å². The summed E-state index contributed by atoms with van der Waals surface area (Å²) in [4.78, 5) is 22.5. The van der Waals surface area contributed by atoms with E-state index in [4.69, 9.17) is 10.8 Å². The lowest BCUT2D eigenvalue weighted by Crippen LogP contribution is -2.51. The maximum atomic E-state index is 11.7. The van der Waals surface area contributed by atoms with E-state index >= 15 is 0 Å². The molecule has 4 N–H and O–H groups in total. The normalized spacial score (nSPS) is 26.3. The van der Waals surface area contributed by atoms with Gasteiger partial charge in [0.15, 0.2) is 0 Å². The predicted octanol–water partition coefficient (Wildman–Crippen LogP) is 0.0932. The predicted molar refractivity (Wildman–Crippen MR) is 55.2 cm³/mol. The van der Waals surface area contributed by atoms with Crippen molar-refractivity contribution in [1.82, 2.24) is 5.32 Å². The van der Waals surface area contributed by atoms with Crippen LogP contribution >= 0.6 is 0 Å². The molecule has 0 heterocycles. The van der Waals surface area contributed by atoms with Crippen LogP contribution in [-0.2, 0) is 9.59 Å². The fraction of sp³-hybridized carbons (Fsp3) is 0.800. The second kappa shape index (κ2) is 4.18. The van der Waals surface area contributed by atoms with Gasteiger partial charge in [0, 0.05) is 12.0 Å². The maximum Gasteiger partial charge on any atom is 0.328 e. The number of rotatable bonds is 3. The highest BCUT2D eigenvalue weighted by Gasteiger charge is 2.34. The molecular formula is C10H18N2O3. The Morgan fingerprint density at radius 1 is 1.40 bits per heavy atom. The Hall–Kier alpha value is -1.10. The number of aliphatic carboxylic acids is 1. The number of carbonyl (C=O) groups is 2. The summed E-state index contributed by atoms with van der Waals surface area (Å²) in [5.41, 5.74) is 4.49. The van der Waals surface area contributed by atoms with Crippen LogP contribution in [0.15, 0.2) is 0 Å². The van der Waals surface area contributed by atoms with Crippen molar-refractivity contribution in [2.45, 2.75) is 44.7 Å². The van der Waals surface area contributed by atoms with Gasteiger partial charge in [-0.3, -0.25) is 4.79 Å². The van der Waals surface area contributed by atoms with Gasteiger partial charge in [0.2, 0.25) is 5.91 Å². The van der Waals surface area contributed by atoms with Crippen LogP contribution in [0.5, 0.6) is 0 Å². The number of nitrogens with one attached hydrogen (secondary N) is 1. The third-order valence-electron chi connectivity index (χ3n) is 2.81. The van der Waals surface area contributed by atoms with E-state index in [1.54, 1.807) is 0 Å². The molecule has 0 saturated heterocycles. The van der Waals surface area contributed by atoms with Crippen molar-refractivity contribution in [1.29, 1.82) is 0 Å². The lowest BCUT2D eigenvalue weighted by Gasteiger charge is -2.23. The van der Waals surface area contributed by atoms with Gasteiger partial charge in [-0.25, -0.2) is 4.79 Å². The number of hydrogen-bond acceptors (Lipinski definition) is 3. The molecule has 2 unspecified atom stereocenters. The van der Waals surface area contributed by atoms with Crippen LogP contribution in [0.1, 0.15) is 33.1 Å². The van der Waals surface area contributed by atoms with Gasteiger partial charge in [-0.1, -0.05) is 0 Å². The van der Waals surface area contributed by atoms with Gasteiger partial charge in [-0.2, -0.15) is 0 Å². The third-order valence-corrected chi connectivity index (χ3v) is 2.81. The van der Waals surface area contributed by atoms with E-state index in [2.05, 4.69) is 5.32 Å². The van der Waals surface area contributed by atoms with E-state index < -0.39 is 11.5 Å². The van der Waals surface area contributed by atoms with Crippen molar-refractivity contribution < 1.29 is 14.7 Å². The minimum atomic E-state index is -1.20. The number of nitrogens with two attached hydrogens (primary N) is 1. The number of carboxylic acid groups (broad SMARTS) is 1. The minimum absolute atomic E-state index is 0.0775. The van der Waals surface area contributed by atoms with Crippen LogP contribution in [0.4, 0.5) is 0 Å². The molecule has 2 atom stereocenters. The van der Waals surface area contributed by atoms with Gasteiger partial charge in [-0.15, -0.1) is 0 Å². The first-order chi connectivity index (χ1) is 6.83. The molecule has 0 spiro atoms. The van der Waals surface area contributed by atoms with E-state index in [0.29, 0.717) is 6.42 Å². The van der Waals surface area contributed by atoms with E-state index in [1.807, 2.05) is 0 Å². The quantitative estimate of drug-likeness (QED) is 0.621. The van der Waals surface area contributed by atoms with Crippen molar-refractivity contribution in [3.05, 3.63) is 0 Å². The molecule has 86 valence electrons. The molecule has 15 heavy (non-hydrogen) atoms. The molecule has 1 aliphatic carbocycles. The van der Waals surface area contributed by atoms with E-state index in [1.165, 1.54) is 13.8 Å². The average Bonchev–Trinajstić information content (AvgIpc) is 2.50. The van der Waals surface area contributed by atoms with E-state index in [0.717, 1.165) is 12.8 Å². The summed E-state index contributed by atoms with van der Waals surface area (Å²) in [5.74, 6) is -1.35. The molecule has 0 aromatic heterocycles. The number of hydrogen-bond donors (Lipinski definition) is 3. The summed E-state index contributed by atoms with van der Waals surface area (Å²) >= 11 is 0. The number of carboxylic acids is 1. The SMILES string of the molecule is CC(C)(NC(=O)C1CCC(N)C1)C(=O)O. The van der Waals surface area contributed by atoms with Crippen molar-refractivity contribution in [2.24, 2.45) is 11.7 Å². The fourth-order valence-corrected chi connectivity index (χ4v) is 1.72. The Balaban J connectivity index is 2.52. The molecule has 0 radical (unpaired) electrons. The van der Waals surface area contributed by atoms with Crippen LogP contribution in [-0.4, -0.2) is 28.6 Å². The summed E-state index contributed by atoms with van der Waals surface area (Å²) < 4.78 is 0. The summed E-state index contributed by atoms with van der Waals surface area (Å²) in [6.07, 6.45) is 2.25. The lowest BCUT2D eigenvalue weighted by atomic mass is 10.0. The summed E-state index contributed by atoms with van der Waals surface area (Å²) in [5, 5.41) is 11.4. The van der Waals surface area contributed by atoms with Crippen molar-refractivity contribution in [2.75, 3.05) is 0 Å². The van der Waals surface area contributed by atoms with Gasteiger partial charge in [0.05, 0.1) is 0 Å². The largest absolute Gasteiger partial charge is 0.480 e. The highest BCUT2D eigenvalue weighted by molar-refractivity contribution is 5.87. The molecule has 1 saturated carbocycles. The third kappa shape index (κ3) is 2.92. The minimum Gasteiger partial charge on any atom is -0.480 e. The highest BCUT2D eigenvalue weighted by atomic mass is 16.4. The van der Waals surface area contributed by atoms with Crippen molar-refractivity contribution in [3.8, 4) is 0 Å². The first-order valence-electron chi connectivity index (χ1n) is 5.14. The van der Waals surface area contributed by atoms with Gasteiger partial charge in [-0.05, 0) is 33.1 Å². The molecule has 1 fully saturated rings. The smallest absolute Gasteiger partial charge is 0.328 e. The van der Waals surface area contributed by atoms with Gasteiger partial charge in [0.1, 0.15) is 5.54 Å². The second-order valence-corrected chi connectivity index (χ2v) is 4.69. The zero-order valence-electron chi connectivity index (χ0n) is 9.12. The Morgan fingerprint density at radius 3 is 2.40 bits per heavy atom. The van der Waals surface area contributed by atoms with Crippen LogP contribution < -0.4 is 11.1 Å². The van der Waals surface area contributed by atoms with E-state index in [9.17, 15) is 9.59 Å². The average molecular weight is 214 g/mol. The molecule has 1 rings (SSSR count). The monoisotopic (exact) mass is 214 g/mol. The first-order valence-corrected chi connectivity index (χ1v) is 5.14. The van der Waals surface area contributed by atoms with Gasteiger partial charge >= 0.3 is 5.97 Å². The molecule has 1 amide bonds. The second-order valence-electron chi connectivity index (χ2n) is 4.69. The molecule has 0 aromatic carbocycles. The zero-order valence-corrected chi connectivity index (χ0v) is 9.12. The zero-order chi connectivity index (χ0) is 11.6. The molecule has 5 nitrogen and oxygen atoms in total. The summed E-state index contributed by atoms with van der Waals surface area (Å²) in [6.45, 7) is 2.95. The first kappa shape index (κ1) is 12.0. The highest BCUT2D eigenvalue weighted by Crippen LogP contribution is 2.24. The molecule has 0 aromatic rings. The topological polar surface area (TPSA) is 92.4 Å². The molecule has 1 aliphatic rings. The Morgan fingerprint density at radius 2 is 2.00 bits per heavy atom. The van der Waals surface area contributed by atoms with Crippen molar-refractivity contribution in [3.63, 3.8) is 0 Å². The fourth-order valence-electron chi connectivity index (χ4n) is 1.72. The molecule has 5 heteroatoms. The van der Waals surface area contributed by atoms with Gasteiger partial charge in [0.25, 0.3) is 0 Å². The van der Waals surface area contributed by atoms with Crippen LogP contribution in [0.25, 0.3) is 0 Å². The van der Waals surface area contributed by atoms with Gasteiger partial charge < -0.3 is 16.2 Å². The Bertz CT molecular complexity index is 276. The van der Waals surface area contributed by atoms with Crippen LogP contribution in [0.2, 0.25) is 0 Å². The Labute approximate surface area is 89.0 Å². The lowest BCUT2D eigenvalue weighted by molar-refractivity contribution is -0.146. The molecular weight excluding hydrogens is 196 g/mol. The van der Waals surface area contributed by atoms with Crippen LogP contribution in [0.3, 0.4) is 0 Å². The summed E-state index contributed by atoms with van der Waals surface area (Å²) in [6, 6.07) is 0.0775. The molecule has 0 bridgehead atoms. The maximum absolute atomic E-state index is 11.7. The number of amides is 1. The molecule has 0 aliphatic heterocycles. The Kier molecular flexibility index (Phi) is 3.34.